The van der Waals surface area contributed by atoms with E-state index in [0.717, 1.165) is 6.07 Å². The molecule has 0 radical (unpaired) electrons. The van der Waals surface area contributed by atoms with Crippen LogP contribution in [0.2, 0.25) is 0 Å². The van der Waals surface area contributed by atoms with Gasteiger partial charge in [-0.15, -0.1) is 0 Å². The van der Waals surface area contributed by atoms with E-state index < -0.39 is 31.8 Å². The number of fused-ring (bicyclic) bond motifs is 1. The van der Waals surface area contributed by atoms with Crippen molar-refractivity contribution in [2.75, 3.05) is 0 Å². The average Bonchev–Trinajstić information content (AvgIpc) is 2.24. The first-order chi connectivity index (χ1) is 9.03. The molecule has 8 heteroatoms. The largest absolute Gasteiger partial charge is 0.329 e. The van der Waals surface area contributed by atoms with E-state index in [1.807, 2.05) is 0 Å². The maximum absolute atomic E-state index is 12.0. The van der Waals surface area contributed by atoms with Gasteiger partial charge in [0.2, 0.25) is 0 Å². The molecule has 108 valence electrons. The fourth-order valence-electron chi connectivity index (χ4n) is 2.14. The molecule has 0 aliphatic carbocycles. The molecule has 0 aliphatic heterocycles. The van der Waals surface area contributed by atoms with Crippen molar-refractivity contribution in [2.45, 2.75) is 31.2 Å². The van der Waals surface area contributed by atoms with Crippen LogP contribution in [0.5, 0.6) is 0 Å². The Morgan fingerprint density at radius 2 is 1.80 bits per heavy atom. The van der Waals surface area contributed by atoms with Gasteiger partial charge in [0.1, 0.15) is 4.90 Å². The summed E-state index contributed by atoms with van der Waals surface area (Å²) in [6.07, 6.45) is 0. The van der Waals surface area contributed by atoms with Crippen LogP contribution in [0.25, 0.3) is 10.9 Å². The number of rotatable bonds is 1. The molecule has 0 spiro atoms. The van der Waals surface area contributed by atoms with Crippen molar-refractivity contribution in [1.82, 2.24) is 9.55 Å². The zero-order valence-corrected chi connectivity index (χ0v) is 12.0. The summed E-state index contributed by atoms with van der Waals surface area (Å²) < 4.78 is 33.2. The van der Waals surface area contributed by atoms with Crippen LogP contribution >= 0.6 is 0 Å². The van der Waals surface area contributed by atoms with Gasteiger partial charge >= 0.3 is 5.69 Å². The first-order valence-corrected chi connectivity index (χ1v) is 7.23. The van der Waals surface area contributed by atoms with Gasteiger partial charge in [-0.3, -0.25) is 18.9 Å². The standard InChI is InChI=1S/C12H14N2O5S/c1-12(2,3)14-7-5-4-6-8(20(17,18)19)9(7)10(15)13-11(14)16/h4-6H,1-3H3,(H,13,15,16)(H,17,18,19). The lowest BCUT2D eigenvalue weighted by Crippen LogP contribution is -2.39. The van der Waals surface area contributed by atoms with E-state index in [-0.39, 0.29) is 10.9 Å². The summed E-state index contributed by atoms with van der Waals surface area (Å²) in [7, 11) is -4.56. The molecule has 0 amide bonds. The van der Waals surface area contributed by atoms with Gasteiger partial charge in [-0.2, -0.15) is 8.42 Å². The molecule has 2 rings (SSSR count). The zero-order chi connectivity index (χ0) is 15.3. The van der Waals surface area contributed by atoms with Crippen molar-refractivity contribution in [3.63, 3.8) is 0 Å². The molecule has 1 aromatic heterocycles. The van der Waals surface area contributed by atoms with E-state index in [9.17, 15) is 22.6 Å². The van der Waals surface area contributed by atoms with Crippen molar-refractivity contribution >= 4 is 21.0 Å². The number of H-pyrrole nitrogens is 1. The average molecular weight is 298 g/mol. The summed E-state index contributed by atoms with van der Waals surface area (Å²) in [6.45, 7) is 5.23. The molecule has 2 aromatic rings. The molecule has 1 heterocycles. The predicted octanol–water partition coefficient (Wildman–Crippen LogP) is 0.692. The first-order valence-electron chi connectivity index (χ1n) is 5.79. The summed E-state index contributed by atoms with van der Waals surface area (Å²) in [5.41, 5.74) is -2.00. The molecule has 1 aromatic carbocycles. The highest BCUT2D eigenvalue weighted by Gasteiger charge is 2.23. The number of nitrogens with one attached hydrogen (secondary N) is 1. The van der Waals surface area contributed by atoms with Gasteiger partial charge < -0.3 is 0 Å². The van der Waals surface area contributed by atoms with Crippen LogP contribution < -0.4 is 11.2 Å². The first kappa shape index (κ1) is 14.5. The quantitative estimate of drug-likeness (QED) is 0.753. The van der Waals surface area contributed by atoms with Crippen molar-refractivity contribution in [1.29, 1.82) is 0 Å². The maximum Gasteiger partial charge on any atom is 0.329 e. The Bertz CT molecular complexity index is 900. The van der Waals surface area contributed by atoms with Gasteiger partial charge in [-0.25, -0.2) is 4.79 Å². The minimum absolute atomic E-state index is 0.154. The van der Waals surface area contributed by atoms with Crippen LogP contribution in [0.3, 0.4) is 0 Å². The van der Waals surface area contributed by atoms with Crippen molar-refractivity contribution < 1.29 is 13.0 Å². The van der Waals surface area contributed by atoms with Crippen LogP contribution in [-0.2, 0) is 15.7 Å². The molecular weight excluding hydrogens is 284 g/mol. The van der Waals surface area contributed by atoms with E-state index in [0.29, 0.717) is 0 Å². The Morgan fingerprint density at radius 3 is 2.30 bits per heavy atom. The molecule has 0 saturated heterocycles. The van der Waals surface area contributed by atoms with Gasteiger partial charge in [-0.05, 0) is 32.9 Å². The van der Waals surface area contributed by atoms with Gasteiger partial charge in [0, 0.05) is 5.54 Å². The van der Waals surface area contributed by atoms with Crippen molar-refractivity contribution in [3.8, 4) is 0 Å². The van der Waals surface area contributed by atoms with E-state index in [4.69, 9.17) is 0 Å². The van der Waals surface area contributed by atoms with Crippen LogP contribution in [0, 0.1) is 0 Å². The highest BCUT2D eigenvalue weighted by Crippen LogP contribution is 2.22. The summed E-state index contributed by atoms with van der Waals surface area (Å²) in [4.78, 5) is 25.4. The molecule has 0 aliphatic rings. The lowest BCUT2D eigenvalue weighted by atomic mass is 10.1. The Kier molecular flexibility index (Phi) is 3.10. The Hall–Kier alpha value is -1.93. The van der Waals surface area contributed by atoms with Crippen molar-refractivity contribution in [3.05, 3.63) is 39.0 Å². The smallest absolute Gasteiger partial charge is 0.288 e. The Morgan fingerprint density at radius 1 is 1.20 bits per heavy atom. The fourth-order valence-corrected chi connectivity index (χ4v) is 2.85. The topological polar surface area (TPSA) is 109 Å². The highest BCUT2D eigenvalue weighted by atomic mass is 32.2. The summed E-state index contributed by atoms with van der Waals surface area (Å²) in [5.74, 6) is 0. The van der Waals surface area contributed by atoms with E-state index in [2.05, 4.69) is 4.98 Å². The van der Waals surface area contributed by atoms with Gasteiger partial charge in [0.25, 0.3) is 15.7 Å². The number of aromatic amines is 1. The monoisotopic (exact) mass is 298 g/mol. The SMILES string of the molecule is CC(C)(C)n1c(=O)[nH]c(=O)c2c(S(=O)(=O)O)cccc21. The Labute approximate surface area is 114 Å². The van der Waals surface area contributed by atoms with Gasteiger partial charge in [0.15, 0.2) is 0 Å². The number of nitrogens with zero attached hydrogens (tertiary/aromatic N) is 1. The van der Waals surface area contributed by atoms with Crippen LogP contribution in [0.4, 0.5) is 0 Å². The molecule has 2 N–H and O–H groups in total. The number of benzene rings is 1. The molecule has 0 unspecified atom stereocenters. The molecule has 0 saturated carbocycles. The lowest BCUT2D eigenvalue weighted by molar-refractivity contribution is 0.391. The molecule has 7 nitrogen and oxygen atoms in total. The molecule has 20 heavy (non-hydrogen) atoms. The Balaban J connectivity index is 3.17. The minimum atomic E-state index is -4.56. The fraction of sp³-hybridized carbons (Fsp3) is 0.333. The van der Waals surface area contributed by atoms with Gasteiger partial charge in [-0.1, -0.05) is 6.07 Å². The van der Waals surface area contributed by atoms with E-state index in [1.165, 1.54) is 16.7 Å². The molecule has 0 bridgehead atoms. The van der Waals surface area contributed by atoms with E-state index >= 15 is 0 Å². The third-order valence-electron chi connectivity index (χ3n) is 2.84. The number of hydrogen-bond donors (Lipinski definition) is 2. The minimum Gasteiger partial charge on any atom is -0.288 e. The van der Waals surface area contributed by atoms with Crippen LogP contribution in [0.15, 0.2) is 32.7 Å². The number of aromatic nitrogens is 2. The molecule has 0 atom stereocenters. The van der Waals surface area contributed by atoms with E-state index in [1.54, 1.807) is 20.8 Å². The zero-order valence-electron chi connectivity index (χ0n) is 11.2. The number of hydrogen-bond acceptors (Lipinski definition) is 4. The second-order valence-electron chi connectivity index (χ2n) is 5.39. The third kappa shape index (κ3) is 2.27. The normalized spacial score (nSPS) is 12.8. The summed E-state index contributed by atoms with van der Waals surface area (Å²) in [6, 6.07) is 3.95. The summed E-state index contributed by atoms with van der Waals surface area (Å²) in [5, 5.41) is -0.232. The second kappa shape index (κ2) is 4.29. The van der Waals surface area contributed by atoms with Crippen molar-refractivity contribution in [2.24, 2.45) is 0 Å². The second-order valence-corrected chi connectivity index (χ2v) is 6.78. The van der Waals surface area contributed by atoms with Gasteiger partial charge in [0.05, 0.1) is 10.9 Å². The maximum atomic E-state index is 12.0. The lowest BCUT2D eigenvalue weighted by Gasteiger charge is -2.24. The van der Waals surface area contributed by atoms with Crippen LogP contribution in [-0.4, -0.2) is 22.5 Å². The molecule has 0 fully saturated rings. The highest BCUT2D eigenvalue weighted by molar-refractivity contribution is 7.86. The third-order valence-corrected chi connectivity index (χ3v) is 3.74. The predicted molar refractivity (Wildman–Crippen MR) is 73.6 cm³/mol. The molecular formula is C12H14N2O5S. The van der Waals surface area contributed by atoms with Crippen LogP contribution in [0.1, 0.15) is 20.8 Å². The summed E-state index contributed by atoms with van der Waals surface area (Å²) >= 11 is 0.